The summed E-state index contributed by atoms with van der Waals surface area (Å²) in [7, 11) is 1.48. The van der Waals surface area contributed by atoms with E-state index in [-0.39, 0.29) is 44.7 Å². The molecule has 0 radical (unpaired) electrons. The standard InChI is InChI=1S/C28H27F2NO5/c1-3-35-26(32)14-19-9-10-25(34-2)22(13-19)21-15-24(29)27(30)20-11-12-31(16-23(20)21)28(33)36-17-18-7-5-4-6-8-18/h4-10,13,15H,3,11-12,14,16-17H2,1-2H3. The third-order valence-electron chi connectivity index (χ3n) is 6.09. The van der Waals surface area contributed by atoms with E-state index in [0.29, 0.717) is 28.0 Å². The summed E-state index contributed by atoms with van der Waals surface area (Å²) in [6, 6.07) is 15.5. The van der Waals surface area contributed by atoms with Crippen molar-refractivity contribution >= 4 is 12.1 Å². The maximum absolute atomic E-state index is 14.8. The Hall–Kier alpha value is -3.94. The summed E-state index contributed by atoms with van der Waals surface area (Å²) in [6.07, 6.45) is -0.380. The highest BCUT2D eigenvalue weighted by atomic mass is 19.2. The quantitative estimate of drug-likeness (QED) is 0.409. The van der Waals surface area contributed by atoms with Crippen molar-refractivity contribution in [1.82, 2.24) is 4.90 Å². The van der Waals surface area contributed by atoms with Crippen LogP contribution in [0.5, 0.6) is 5.75 Å². The summed E-state index contributed by atoms with van der Waals surface area (Å²) in [6.45, 7) is 2.33. The predicted molar refractivity (Wildman–Crippen MR) is 129 cm³/mol. The molecule has 0 N–H and O–H groups in total. The van der Waals surface area contributed by atoms with Gasteiger partial charge in [-0.15, -0.1) is 0 Å². The summed E-state index contributed by atoms with van der Waals surface area (Å²) in [4.78, 5) is 26.3. The van der Waals surface area contributed by atoms with Crippen molar-refractivity contribution < 1.29 is 32.6 Å². The molecule has 1 amide bonds. The molecule has 0 saturated carbocycles. The van der Waals surface area contributed by atoms with Crippen molar-refractivity contribution in [1.29, 1.82) is 0 Å². The van der Waals surface area contributed by atoms with Gasteiger partial charge in [-0.3, -0.25) is 4.79 Å². The first kappa shape index (κ1) is 25.2. The summed E-state index contributed by atoms with van der Waals surface area (Å²) in [5.41, 5.74) is 3.07. The number of benzene rings is 3. The molecule has 4 rings (SSSR count). The molecular formula is C28H27F2NO5. The number of hydrogen-bond donors (Lipinski definition) is 0. The zero-order valence-electron chi connectivity index (χ0n) is 20.2. The monoisotopic (exact) mass is 495 g/mol. The zero-order chi connectivity index (χ0) is 25.7. The lowest BCUT2D eigenvalue weighted by Gasteiger charge is -2.30. The molecule has 0 saturated heterocycles. The molecule has 1 heterocycles. The summed E-state index contributed by atoms with van der Waals surface area (Å²) in [5, 5.41) is 0. The average Bonchev–Trinajstić information content (AvgIpc) is 2.89. The Kier molecular flexibility index (Phi) is 7.83. The number of ether oxygens (including phenoxy) is 3. The number of methoxy groups -OCH3 is 1. The van der Waals surface area contributed by atoms with E-state index in [4.69, 9.17) is 14.2 Å². The van der Waals surface area contributed by atoms with Crippen molar-refractivity contribution in [3.05, 3.63) is 88.5 Å². The third-order valence-corrected chi connectivity index (χ3v) is 6.09. The lowest BCUT2D eigenvalue weighted by molar-refractivity contribution is -0.142. The molecule has 0 atom stereocenters. The first-order chi connectivity index (χ1) is 17.4. The molecule has 0 aliphatic carbocycles. The number of rotatable bonds is 7. The van der Waals surface area contributed by atoms with Crippen LogP contribution in [0.4, 0.5) is 13.6 Å². The van der Waals surface area contributed by atoms with E-state index in [1.54, 1.807) is 25.1 Å². The van der Waals surface area contributed by atoms with Crippen LogP contribution in [0.1, 0.15) is 29.2 Å². The highest BCUT2D eigenvalue weighted by molar-refractivity contribution is 5.79. The fourth-order valence-electron chi connectivity index (χ4n) is 4.34. The number of hydrogen-bond acceptors (Lipinski definition) is 5. The number of halogens is 2. The minimum Gasteiger partial charge on any atom is -0.496 e. The highest BCUT2D eigenvalue weighted by Gasteiger charge is 2.29. The molecule has 36 heavy (non-hydrogen) atoms. The van der Waals surface area contributed by atoms with Crippen LogP contribution in [0.3, 0.4) is 0 Å². The van der Waals surface area contributed by atoms with Crippen LogP contribution in [-0.2, 0) is 40.3 Å². The van der Waals surface area contributed by atoms with Crippen LogP contribution >= 0.6 is 0 Å². The molecule has 0 aromatic heterocycles. The molecular weight excluding hydrogens is 468 g/mol. The molecule has 0 spiro atoms. The van der Waals surface area contributed by atoms with Crippen molar-refractivity contribution in [2.24, 2.45) is 0 Å². The Morgan fingerprint density at radius 2 is 1.72 bits per heavy atom. The van der Waals surface area contributed by atoms with E-state index < -0.39 is 23.7 Å². The van der Waals surface area contributed by atoms with E-state index in [9.17, 15) is 18.4 Å². The Balaban J connectivity index is 1.66. The number of esters is 1. The third kappa shape index (κ3) is 5.48. The van der Waals surface area contributed by atoms with Gasteiger partial charge in [-0.1, -0.05) is 36.4 Å². The number of carbonyl (C=O) groups excluding carboxylic acids is 2. The topological polar surface area (TPSA) is 65.1 Å². The van der Waals surface area contributed by atoms with E-state index in [1.807, 2.05) is 30.3 Å². The first-order valence-electron chi connectivity index (χ1n) is 11.7. The minimum atomic E-state index is -0.985. The molecule has 6 nitrogen and oxygen atoms in total. The normalized spacial score (nSPS) is 12.6. The largest absolute Gasteiger partial charge is 0.496 e. The Bertz CT molecular complexity index is 1260. The molecule has 0 unspecified atom stereocenters. The second-order valence-electron chi connectivity index (χ2n) is 8.41. The lowest BCUT2D eigenvalue weighted by Crippen LogP contribution is -2.37. The van der Waals surface area contributed by atoms with Crippen LogP contribution in [-0.4, -0.2) is 37.2 Å². The van der Waals surface area contributed by atoms with Gasteiger partial charge in [0.25, 0.3) is 0 Å². The van der Waals surface area contributed by atoms with Crippen LogP contribution < -0.4 is 4.74 Å². The van der Waals surface area contributed by atoms with Gasteiger partial charge in [-0.05, 0) is 59.4 Å². The van der Waals surface area contributed by atoms with Gasteiger partial charge in [0.2, 0.25) is 0 Å². The van der Waals surface area contributed by atoms with Crippen LogP contribution in [0, 0.1) is 11.6 Å². The van der Waals surface area contributed by atoms with E-state index >= 15 is 0 Å². The molecule has 0 fully saturated rings. The molecule has 1 aliphatic rings. The SMILES string of the molecule is CCOC(=O)Cc1ccc(OC)c(-c2cc(F)c(F)c3c2CN(C(=O)OCc2ccccc2)CC3)c1. The van der Waals surface area contributed by atoms with Gasteiger partial charge >= 0.3 is 12.1 Å². The zero-order valence-corrected chi connectivity index (χ0v) is 20.2. The second-order valence-corrected chi connectivity index (χ2v) is 8.41. The number of fused-ring (bicyclic) bond motifs is 1. The van der Waals surface area contributed by atoms with Gasteiger partial charge in [0.15, 0.2) is 11.6 Å². The van der Waals surface area contributed by atoms with Crippen molar-refractivity contribution in [2.45, 2.75) is 32.9 Å². The fraction of sp³-hybridized carbons (Fsp3) is 0.286. The van der Waals surface area contributed by atoms with E-state index in [1.165, 1.54) is 12.0 Å². The Morgan fingerprint density at radius 3 is 2.44 bits per heavy atom. The predicted octanol–water partition coefficient (Wildman–Crippen LogP) is 5.44. The van der Waals surface area contributed by atoms with Crippen molar-refractivity contribution in [3.63, 3.8) is 0 Å². The van der Waals surface area contributed by atoms with E-state index in [2.05, 4.69) is 0 Å². The van der Waals surface area contributed by atoms with Gasteiger partial charge in [-0.2, -0.15) is 0 Å². The molecule has 188 valence electrons. The van der Waals surface area contributed by atoms with Gasteiger partial charge in [0, 0.05) is 18.7 Å². The molecule has 1 aliphatic heterocycles. The summed E-state index contributed by atoms with van der Waals surface area (Å²) in [5.74, 6) is -1.87. The van der Waals surface area contributed by atoms with E-state index in [0.717, 1.165) is 11.6 Å². The van der Waals surface area contributed by atoms with Crippen LogP contribution in [0.15, 0.2) is 54.6 Å². The number of nitrogens with zero attached hydrogens (tertiary/aromatic N) is 1. The van der Waals surface area contributed by atoms with Crippen LogP contribution in [0.2, 0.25) is 0 Å². The van der Waals surface area contributed by atoms with Crippen molar-refractivity contribution in [2.75, 3.05) is 20.3 Å². The second kappa shape index (κ2) is 11.2. The summed E-state index contributed by atoms with van der Waals surface area (Å²) < 4.78 is 45.4. The molecule has 0 bridgehead atoms. The molecule has 8 heteroatoms. The number of amides is 1. The molecule has 3 aromatic carbocycles. The average molecular weight is 496 g/mol. The smallest absolute Gasteiger partial charge is 0.410 e. The number of carbonyl (C=O) groups is 2. The Labute approximate surface area is 208 Å². The first-order valence-corrected chi connectivity index (χ1v) is 11.7. The summed E-state index contributed by atoms with van der Waals surface area (Å²) >= 11 is 0. The lowest BCUT2D eigenvalue weighted by atomic mass is 9.89. The van der Waals surface area contributed by atoms with Gasteiger partial charge < -0.3 is 19.1 Å². The maximum Gasteiger partial charge on any atom is 0.410 e. The van der Waals surface area contributed by atoms with Gasteiger partial charge in [0.1, 0.15) is 12.4 Å². The minimum absolute atomic E-state index is 0.0225. The fourth-order valence-corrected chi connectivity index (χ4v) is 4.34. The maximum atomic E-state index is 14.8. The van der Waals surface area contributed by atoms with Gasteiger partial charge in [0.05, 0.1) is 20.1 Å². The highest BCUT2D eigenvalue weighted by Crippen LogP contribution is 2.39. The Morgan fingerprint density at radius 1 is 0.944 bits per heavy atom. The molecule has 3 aromatic rings. The van der Waals surface area contributed by atoms with Crippen LogP contribution in [0.25, 0.3) is 11.1 Å². The van der Waals surface area contributed by atoms with Gasteiger partial charge in [-0.25, -0.2) is 13.6 Å². The van der Waals surface area contributed by atoms with Crippen molar-refractivity contribution in [3.8, 4) is 16.9 Å².